The minimum atomic E-state index is 0.0559. The van der Waals surface area contributed by atoms with Gasteiger partial charge in [0.15, 0.2) is 0 Å². The molecule has 2 aromatic rings. The van der Waals surface area contributed by atoms with Crippen molar-refractivity contribution in [1.29, 1.82) is 0 Å². The zero-order chi connectivity index (χ0) is 14.8. The topological polar surface area (TPSA) is 52.0 Å². The van der Waals surface area contributed by atoms with Crippen molar-refractivity contribution in [2.45, 2.75) is 32.9 Å². The fourth-order valence-corrected chi connectivity index (χ4v) is 2.08. The number of nitrogens with one attached hydrogen (secondary N) is 1. The van der Waals surface area contributed by atoms with Gasteiger partial charge in [0, 0.05) is 22.6 Å². The van der Waals surface area contributed by atoms with Crippen LogP contribution in [0.4, 0.5) is 0 Å². The van der Waals surface area contributed by atoms with Crippen molar-refractivity contribution in [2.24, 2.45) is 0 Å². The minimum Gasteiger partial charge on any atom is -0.497 e. The van der Waals surface area contributed by atoms with Crippen molar-refractivity contribution in [3.63, 3.8) is 0 Å². The molecule has 0 amide bonds. The van der Waals surface area contributed by atoms with E-state index in [0.717, 1.165) is 21.6 Å². The van der Waals surface area contributed by atoms with Crippen molar-refractivity contribution in [2.75, 3.05) is 7.11 Å². The molecule has 0 fully saturated rings. The van der Waals surface area contributed by atoms with E-state index in [1.807, 2.05) is 24.4 Å². The summed E-state index contributed by atoms with van der Waals surface area (Å²) in [4.78, 5) is 0. The van der Waals surface area contributed by atoms with Crippen LogP contribution in [0, 0.1) is 0 Å². The summed E-state index contributed by atoms with van der Waals surface area (Å²) in [5, 5.41) is 11.7. The Kier molecular flexibility index (Phi) is 4.45. The van der Waals surface area contributed by atoms with Gasteiger partial charge in [0.2, 0.25) is 0 Å². The fourth-order valence-electron chi connectivity index (χ4n) is 1.65. The van der Waals surface area contributed by atoms with Crippen LogP contribution in [0.3, 0.4) is 0 Å². The first-order chi connectivity index (χ1) is 9.39. The summed E-state index contributed by atoms with van der Waals surface area (Å²) in [5.74, 6) is 0.785. The van der Waals surface area contributed by atoms with E-state index in [0.29, 0.717) is 6.54 Å². The Morgan fingerprint density at radius 3 is 2.75 bits per heavy atom. The van der Waals surface area contributed by atoms with E-state index in [-0.39, 0.29) is 5.54 Å². The highest BCUT2D eigenvalue weighted by atomic mass is 79.9. The van der Waals surface area contributed by atoms with E-state index in [9.17, 15) is 0 Å². The maximum Gasteiger partial charge on any atom is 0.121 e. The molecule has 1 N–H and O–H groups in total. The van der Waals surface area contributed by atoms with Gasteiger partial charge in [0.05, 0.1) is 24.7 Å². The SMILES string of the molecule is COc1ccc(Br)c(-n2cc(CNC(C)(C)C)nn2)c1. The summed E-state index contributed by atoms with van der Waals surface area (Å²) in [7, 11) is 1.65. The van der Waals surface area contributed by atoms with Gasteiger partial charge in [0.1, 0.15) is 5.75 Å². The van der Waals surface area contributed by atoms with Crippen LogP contribution in [0.1, 0.15) is 26.5 Å². The molecular formula is C14H19BrN4O. The lowest BCUT2D eigenvalue weighted by atomic mass is 10.1. The Morgan fingerprint density at radius 1 is 1.35 bits per heavy atom. The van der Waals surface area contributed by atoms with Crippen LogP contribution in [0.2, 0.25) is 0 Å². The van der Waals surface area contributed by atoms with Crippen LogP contribution in [-0.2, 0) is 6.54 Å². The van der Waals surface area contributed by atoms with Gasteiger partial charge >= 0.3 is 0 Å². The molecule has 108 valence electrons. The number of hydrogen-bond acceptors (Lipinski definition) is 4. The highest BCUT2D eigenvalue weighted by Gasteiger charge is 2.11. The first-order valence-electron chi connectivity index (χ1n) is 6.39. The quantitative estimate of drug-likeness (QED) is 0.931. The molecule has 0 radical (unpaired) electrons. The zero-order valence-electron chi connectivity index (χ0n) is 12.1. The summed E-state index contributed by atoms with van der Waals surface area (Å²) in [6.45, 7) is 7.05. The van der Waals surface area contributed by atoms with Crippen LogP contribution in [0.25, 0.3) is 5.69 Å². The molecule has 1 aromatic heterocycles. The van der Waals surface area contributed by atoms with E-state index in [1.54, 1.807) is 11.8 Å². The predicted octanol–water partition coefficient (Wildman–Crippen LogP) is 2.93. The monoisotopic (exact) mass is 338 g/mol. The maximum atomic E-state index is 5.24. The lowest BCUT2D eigenvalue weighted by molar-refractivity contribution is 0.414. The predicted molar refractivity (Wildman–Crippen MR) is 82.2 cm³/mol. The molecule has 0 aliphatic carbocycles. The second kappa shape index (κ2) is 5.93. The van der Waals surface area contributed by atoms with Crippen LogP contribution >= 0.6 is 15.9 Å². The van der Waals surface area contributed by atoms with Gasteiger partial charge in [-0.05, 0) is 48.8 Å². The third kappa shape index (κ3) is 3.80. The minimum absolute atomic E-state index is 0.0559. The zero-order valence-corrected chi connectivity index (χ0v) is 13.7. The number of rotatable bonds is 4. The number of benzene rings is 1. The third-order valence-corrected chi connectivity index (χ3v) is 3.41. The second-order valence-electron chi connectivity index (χ2n) is 5.58. The highest BCUT2D eigenvalue weighted by Crippen LogP contribution is 2.25. The number of nitrogens with zero attached hydrogens (tertiary/aromatic N) is 3. The van der Waals surface area contributed by atoms with Gasteiger partial charge in [-0.25, -0.2) is 4.68 Å². The molecule has 0 saturated carbocycles. The van der Waals surface area contributed by atoms with E-state index in [4.69, 9.17) is 4.74 Å². The second-order valence-corrected chi connectivity index (χ2v) is 6.43. The Hall–Kier alpha value is -1.40. The molecule has 0 aliphatic heterocycles. The summed E-state index contributed by atoms with van der Waals surface area (Å²) in [5.41, 5.74) is 1.86. The Morgan fingerprint density at radius 2 is 2.10 bits per heavy atom. The van der Waals surface area contributed by atoms with Crippen molar-refractivity contribution < 1.29 is 4.74 Å². The number of halogens is 1. The molecule has 0 spiro atoms. The number of ether oxygens (including phenoxy) is 1. The van der Waals surface area contributed by atoms with Crippen LogP contribution in [0.5, 0.6) is 5.75 Å². The lowest BCUT2D eigenvalue weighted by Gasteiger charge is -2.19. The van der Waals surface area contributed by atoms with Crippen molar-refractivity contribution >= 4 is 15.9 Å². The molecule has 1 heterocycles. The molecule has 1 aromatic carbocycles. The van der Waals surface area contributed by atoms with Gasteiger partial charge in [-0.2, -0.15) is 0 Å². The largest absolute Gasteiger partial charge is 0.497 e. The molecular weight excluding hydrogens is 320 g/mol. The number of methoxy groups -OCH3 is 1. The normalized spacial score (nSPS) is 11.7. The van der Waals surface area contributed by atoms with Crippen LogP contribution < -0.4 is 10.1 Å². The third-order valence-electron chi connectivity index (χ3n) is 2.74. The van der Waals surface area contributed by atoms with E-state index < -0.39 is 0 Å². The maximum absolute atomic E-state index is 5.24. The standard InChI is InChI=1S/C14H19BrN4O/c1-14(2,3)16-8-10-9-19(18-17-10)13-7-11(20-4)5-6-12(13)15/h5-7,9,16H,8H2,1-4H3. The average molecular weight is 339 g/mol. The first kappa shape index (κ1) is 15.0. The lowest BCUT2D eigenvalue weighted by Crippen LogP contribution is -2.35. The van der Waals surface area contributed by atoms with Gasteiger partial charge in [-0.1, -0.05) is 5.21 Å². The number of aromatic nitrogens is 3. The van der Waals surface area contributed by atoms with E-state index in [1.165, 1.54) is 0 Å². The molecule has 5 nitrogen and oxygen atoms in total. The molecule has 6 heteroatoms. The summed E-state index contributed by atoms with van der Waals surface area (Å²) < 4.78 is 7.92. The molecule has 0 bridgehead atoms. The van der Waals surface area contributed by atoms with E-state index in [2.05, 4.69) is 52.3 Å². The van der Waals surface area contributed by atoms with Gasteiger partial charge in [0.25, 0.3) is 0 Å². The fraction of sp³-hybridized carbons (Fsp3) is 0.429. The molecule has 0 unspecified atom stereocenters. The summed E-state index contributed by atoms with van der Waals surface area (Å²) >= 11 is 3.52. The van der Waals surface area contributed by atoms with Crippen molar-refractivity contribution in [3.05, 3.63) is 34.6 Å². The van der Waals surface area contributed by atoms with E-state index >= 15 is 0 Å². The smallest absolute Gasteiger partial charge is 0.121 e. The molecule has 0 aliphatic rings. The molecule has 0 atom stereocenters. The van der Waals surface area contributed by atoms with Crippen LogP contribution in [0.15, 0.2) is 28.9 Å². The van der Waals surface area contributed by atoms with Crippen LogP contribution in [-0.4, -0.2) is 27.6 Å². The molecule has 0 saturated heterocycles. The summed E-state index contributed by atoms with van der Waals surface area (Å²) in [6, 6.07) is 5.75. The molecule has 20 heavy (non-hydrogen) atoms. The Balaban J connectivity index is 2.20. The average Bonchev–Trinajstić information content (AvgIpc) is 2.85. The number of hydrogen-bond donors (Lipinski definition) is 1. The highest BCUT2D eigenvalue weighted by molar-refractivity contribution is 9.10. The van der Waals surface area contributed by atoms with Gasteiger partial charge < -0.3 is 10.1 Å². The van der Waals surface area contributed by atoms with Crippen molar-refractivity contribution in [3.8, 4) is 11.4 Å². The Bertz CT molecular complexity index is 589. The summed E-state index contributed by atoms with van der Waals surface area (Å²) in [6.07, 6.45) is 1.91. The Labute approximate surface area is 127 Å². The van der Waals surface area contributed by atoms with Crippen molar-refractivity contribution in [1.82, 2.24) is 20.3 Å². The first-order valence-corrected chi connectivity index (χ1v) is 7.18. The van der Waals surface area contributed by atoms with Gasteiger partial charge in [-0.15, -0.1) is 5.10 Å². The van der Waals surface area contributed by atoms with Gasteiger partial charge in [-0.3, -0.25) is 0 Å². The molecule has 2 rings (SSSR count).